The highest BCUT2D eigenvalue weighted by Gasteiger charge is 2.22. The van der Waals surface area contributed by atoms with Crippen molar-refractivity contribution in [1.82, 2.24) is 20.3 Å². The van der Waals surface area contributed by atoms with E-state index in [9.17, 15) is 4.79 Å². The van der Waals surface area contributed by atoms with Gasteiger partial charge in [-0.25, -0.2) is 4.68 Å². The second kappa shape index (κ2) is 7.75. The van der Waals surface area contributed by atoms with Crippen LogP contribution in [0.4, 0.5) is 0 Å². The third kappa shape index (κ3) is 3.47. The van der Waals surface area contributed by atoms with Crippen LogP contribution < -0.4 is 5.32 Å². The molecular weight excluding hydrogens is 372 g/mol. The Morgan fingerprint density at radius 3 is 2.83 bits per heavy atom. The molecule has 5 heteroatoms. The molecule has 30 heavy (non-hydrogen) atoms. The molecule has 0 unspecified atom stereocenters. The summed E-state index contributed by atoms with van der Waals surface area (Å²) < 4.78 is 1.89. The summed E-state index contributed by atoms with van der Waals surface area (Å²) in [6.45, 7) is 2.76. The van der Waals surface area contributed by atoms with Crippen LogP contribution in [0.25, 0.3) is 11.0 Å². The van der Waals surface area contributed by atoms with Gasteiger partial charge in [-0.3, -0.25) is 4.79 Å². The molecule has 0 fully saturated rings. The number of aryl methyl sites for hydroxylation is 2. The van der Waals surface area contributed by atoms with E-state index in [0.717, 1.165) is 30.3 Å². The summed E-state index contributed by atoms with van der Waals surface area (Å²) in [6.07, 6.45) is 3.14. The smallest absolute Gasteiger partial charge is 0.251 e. The zero-order valence-corrected chi connectivity index (χ0v) is 17.0. The maximum Gasteiger partial charge on any atom is 0.251 e. The topological polar surface area (TPSA) is 59.8 Å². The molecule has 1 N–H and O–H groups in total. The Hall–Kier alpha value is -3.47. The van der Waals surface area contributed by atoms with E-state index in [1.54, 1.807) is 0 Å². The first-order valence-electron chi connectivity index (χ1n) is 10.5. The van der Waals surface area contributed by atoms with E-state index in [0.29, 0.717) is 12.1 Å². The standard InChI is InChI=1S/C25H24N4O/c1-17-7-2-3-9-20(17)16-29-24-14-13-19(15-23(24)27-28-29)25(30)26-22-12-6-10-18-8-4-5-11-21(18)22/h2-5,7-9,11,13-15,22H,6,10,12,16H2,1H3,(H,26,30)/t22-/m1/s1. The van der Waals surface area contributed by atoms with E-state index in [1.165, 1.54) is 22.3 Å². The Labute approximate surface area is 175 Å². The summed E-state index contributed by atoms with van der Waals surface area (Å²) in [5, 5.41) is 11.8. The van der Waals surface area contributed by atoms with Crippen LogP contribution in [0.15, 0.2) is 66.7 Å². The quantitative estimate of drug-likeness (QED) is 0.549. The van der Waals surface area contributed by atoms with Crippen molar-refractivity contribution in [1.29, 1.82) is 0 Å². The molecule has 3 aromatic carbocycles. The van der Waals surface area contributed by atoms with Gasteiger partial charge in [-0.05, 0) is 66.6 Å². The van der Waals surface area contributed by atoms with Crippen LogP contribution in [0.3, 0.4) is 0 Å². The zero-order valence-electron chi connectivity index (χ0n) is 17.0. The number of nitrogens with zero attached hydrogens (tertiary/aromatic N) is 3. The summed E-state index contributed by atoms with van der Waals surface area (Å²) in [4.78, 5) is 12.9. The first-order chi connectivity index (χ1) is 14.7. The second-order valence-electron chi connectivity index (χ2n) is 7.99. The summed E-state index contributed by atoms with van der Waals surface area (Å²) in [6, 6.07) is 22.4. The van der Waals surface area contributed by atoms with E-state index >= 15 is 0 Å². The largest absolute Gasteiger partial charge is 0.345 e. The fourth-order valence-electron chi connectivity index (χ4n) is 4.32. The van der Waals surface area contributed by atoms with Gasteiger partial charge in [0.2, 0.25) is 0 Å². The van der Waals surface area contributed by atoms with Gasteiger partial charge in [-0.1, -0.05) is 53.7 Å². The summed E-state index contributed by atoms with van der Waals surface area (Å²) >= 11 is 0. The molecule has 0 saturated carbocycles. The van der Waals surface area contributed by atoms with Gasteiger partial charge in [0.05, 0.1) is 18.1 Å². The molecular formula is C25H24N4O. The third-order valence-corrected chi connectivity index (χ3v) is 6.03. The molecule has 0 radical (unpaired) electrons. The minimum atomic E-state index is -0.0629. The number of carbonyl (C=O) groups is 1. The van der Waals surface area contributed by atoms with Crippen molar-refractivity contribution in [3.8, 4) is 0 Å². The van der Waals surface area contributed by atoms with Gasteiger partial charge in [0.1, 0.15) is 5.52 Å². The van der Waals surface area contributed by atoms with Crippen molar-refractivity contribution in [2.45, 2.75) is 38.8 Å². The SMILES string of the molecule is Cc1ccccc1Cn1nnc2cc(C(=O)N[C@@H]3CCCc4ccccc43)ccc21. The maximum absolute atomic E-state index is 12.9. The molecule has 1 aliphatic rings. The van der Waals surface area contributed by atoms with Gasteiger partial charge in [0, 0.05) is 5.56 Å². The average Bonchev–Trinajstić information content (AvgIpc) is 3.17. The van der Waals surface area contributed by atoms with Crippen LogP contribution in [0.5, 0.6) is 0 Å². The molecule has 0 spiro atoms. The van der Waals surface area contributed by atoms with E-state index in [2.05, 4.69) is 52.9 Å². The first-order valence-corrected chi connectivity index (χ1v) is 10.5. The van der Waals surface area contributed by atoms with Gasteiger partial charge in [-0.15, -0.1) is 5.10 Å². The van der Waals surface area contributed by atoms with Crippen LogP contribution >= 0.6 is 0 Å². The number of hydrogen-bond donors (Lipinski definition) is 1. The number of rotatable bonds is 4. The number of carbonyl (C=O) groups excluding carboxylic acids is 1. The minimum absolute atomic E-state index is 0.0629. The highest BCUT2D eigenvalue weighted by Crippen LogP contribution is 2.29. The Balaban J connectivity index is 1.37. The van der Waals surface area contributed by atoms with Crippen molar-refractivity contribution in [2.75, 3.05) is 0 Å². The van der Waals surface area contributed by atoms with Crippen LogP contribution in [0, 0.1) is 6.92 Å². The molecule has 4 aromatic rings. The van der Waals surface area contributed by atoms with Gasteiger partial charge in [-0.2, -0.15) is 0 Å². The molecule has 5 rings (SSSR count). The Morgan fingerprint density at radius 2 is 1.93 bits per heavy atom. The zero-order chi connectivity index (χ0) is 20.5. The Morgan fingerprint density at radius 1 is 1.10 bits per heavy atom. The van der Waals surface area contributed by atoms with E-state index < -0.39 is 0 Å². The van der Waals surface area contributed by atoms with Gasteiger partial charge in [0.15, 0.2) is 0 Å². The minimum Gasteiger partial charge on any atom is -0.345 e. The number of hydrogen-bond acceptors (Lipinski definition) is 3. The van der Waals surface area contributed by atoms with Gasteiger partial charge >= 0.3 is 0 Å². The molecule has 150 valence electrons. The molecule has 0 aliphatic heterocycles. The van der Waals surface area contributed by atoms with Crippen LogP contribution in [-0.2, 0) is 13.0 Å². The van der Waals surface area contributed by atoms with Crippen LogP contribution in [0.2, 0.25) is 0 Å². The number of aromatic nitrogens is 3. The van der Waals surface area contributed by atoms with Crippen molar-refractivity contribution in [2.24, 2.45) is 0 Å². The Kier molecular flexibility index (Phi) is 4.79. The number of fused-ring (bicyclic) bond motifs is 2. The highest BCUT2D eigenvalue weighted by molar-refractivity contribution is 5.97. The molecule has 1 atom stereocenters. The average molecular weight is 396 g/mol. The van der Waals surface area contributed by atoms with Gasteiger partial charge in [0.25, 0.3) is 5.91 Å². The van der Waals surface area contributed by atoms with Crippen molar-refractivity contribution < 1.29 is 4.79 Å². The lowest BCUT2D eigenvalue weighted by Crippen LogP contribution is -2.30. The van der Waals surface area contributed by atoms with Crippen LogP contribution in [0.1, 0.15) is 51.5 Å². The van der Waals surface area contributed by atoms with Crippen molar-refractivity contribution in [3.05, 3.63) is 94.5 Å². The highest BCUT2D eigenvalue weighted by atomic mass is 16.1. The predicted molar refractivity (Wildman–Crippen MR) is 117 cm³/mol. The number of amides is 1. The van der Waals surface area contributed by atoms with E-state index in [-0.39, 0.29) is 11.9 Å². The maximum atomic E-state index is 12.9. The molecule has 1 aromatic heterocycles. The lowest BCUT2D eigenvalue weighted by atomic mass is 9.87. The summed E-state index contributed by atoms with van der Waals surface area (Å²) in [7, 11) is 0. The number of benzene rings is 3. The van der Waals surface area contributed by atoms with Crippen LogP contribution in [-0.4, -0.2) is 20.9 Å². The molecule has 1 amide bonds. The normalized spacial score (nSPS) is 15.7. The second-order valence-corrected chi connectivity index (χ2v) is 7.99. The monoisotopic (exact) mass is 396 g/mol. The van der Waals surface area contributed by atoms with Crippen molar-refractivity contribution >= 4 is 16.9 Å². The van der Waals surface area contributed by atoms with Crippen molar-refractivity contribution in [3.63, 3.8) is 0 Å². The fourth-order valence-corrected chi connectivity index (χ4v) is 4.32. The first kappa shape index (κ1) is 18.6. The molecule has 0 bridgehead atoms. The third-order valence-electron chi connectivity index (χ3n) is 6.03. The fraction of sp³-hybridized carbons (Fsp3) is 0.240. The Bertz CT molecular complexity index is 1230. The van der Waals surface area contributed by atoms with Gasteiger partial charge < -0.3 is 5.32 Å². The van der Waals surface area contributed by atoms with E-state index in [1.807, 2.05) is 41.1 Å². The summed E-state index contributed by atoms with van der Waals surface area (Å²) in [5.74, 6) is -0.0629. The molecule has 1 aliphatic carbocycles. The molecule has 5 nitrogen and oxygen atoms in total. The lowest BCUT2D eigenvalue weighted by molar-refractivity contribution is 0.0933. The lowest BCUT2D eigenvalue weighted by Gasteiger charge is -2.26. The van der Waals surface area contributed by atoms with E-state index in [4.69, 9.17) is 0 Å². The predicted octanol–water partition coefficient (Wildman–Crippen LogP) is 4.60. The molecule has 0 saturated heterocycles. The molecule has 1 heterocycles. The number of nitrogens with one attached hydrogen (secondary N) is 1. The summed E-state index contributed by atoms with van der Waals surface area (Å²) in [5.41, 5.74) is 7.30.